The zero-order valence-electron chi connectivity index (χ0n) is 10.7. The number of nitrogen functional groups attached to an aromatic ring is 1. The second-order valence-electron chi connectivity index (χ2n) is 5.32. The summed E-state index contributed by atoms with van der Waals surface area (Å²) in [5.74, 6) is 0.0972. The maximum absolute atomic E-state index is 11.7. The van der Waals surface area contributed by atoms with Crippen LogP contribution in [0.1, 0.15) is 18.9 Å². The van der Waals surface area contributed by atoms with Crippen molar-refractivity contribution in [2.75, 3.05) is 25.5 Å². The fourth-order valence-corrected chi connectivity index (χ4v) is 1.90. The molecule has 0 radical (unpaired) electrons. The van der Waals surface area contributed by atoms with Gasteiger partial charge in [-0.25, -0.2) is 0 Å². The Kier molecular flexibility index (Phi) is 3.87. The monoisotopic (exact) mass is 248 g/mol. The number of benzene rings is 1. The largest absolute Gasteiger partial charge is 0.399 e. The molecule has 1 heterocycles. The molecule has 2 rings (SSSR count). The first-order valence-electron chi connectivity index (χ1n) is 6.26. The molecule has 0 spiro atoms. The van der Waals surface area contributed by atoms with Gasteiger partial charge in [0.25, 0.3) is 0 Å². The molecular weight excluding hydrogens is 228 g/mol. The summed E-state index contributed by atoms with van der Waals surface area (Å²) in [7, 11) is 0. The van der Waals surface area contributed by atoms with Crippen molar-refractivity contribution in [3.05, 3.63) is 29.8 Å². The molecule has 1 aliphatic heterocycles. The summed E-state index contributed by atoms with van der Waals surface area (Å²) in [4.78, 5) is 11.7. The number of hydrogen-bond donors (Lipinski definition) is 2. The predicted molar refractivity (Wildman–Crippen MR) is 71.1 cm³/mol. The minimum absolute atomic E-state index is 0.0972. The summed E-state index contributed by atoms with van der Waals surface area (Å²) < 4.78 is 5.15. The van der Waals surface area contributed by atoms with Crippen LogP contribution in [0, 0.1) is 5.41 Å². The molecule has 4 heteroatoms. The van der Waals surface area contributed by atoms with E-state index in [1.54, 1.807) is 0 Å². The van der Waals surface area contributed by atoms with Crippen molar-refractivity contribution in [3.8, 4) is 0 Å². The standard InChI is InChI=1S/C14H20N2O2/c1-14(9-18-10-14)8-16-13(17)7-4-11-2-5-12(15)6-3-11/h2-3,5-6H,4,7-10,15H2,1H3,(H,16,17). The number of nitrogens with two attached hydrogens (primary N) is 1. The number of aryl methyl sites for hydroxylation is 1. The van der Waals surface area contributed by atoms with Gasteiger partial charge in [0.05, 0.1) is 13.2 Å². The van der Waals surface area contributed by atoms with Gasteiger partial charge in [-0.1, -0.05) is 19.1 Å². The molecular formula is C14H20N2O2. The summed E-state index contributed by atoms with van der Waals surface area (Å²) in [6, 6.07) is 7.65. The zero-order chi connectivity index (χ0) is 13.0. The molecule has 1 saturated heterocycles. The van der Waals surface area contributed by atoms with Crippen molar-refractivity contribution in [2.24, 2.45) is 5.41 Å². The number of hydrogen-bond acceptors (Lipinski definition) is 3. The Morgan fingerprint density at radius 3 is 2.61 bits per heavy atom. The second-order valence-corrected chi connectivity index (χ2v) is 5.32. The maximum Gasteiger partial charge on any atom is 0.220 e. The van der Waals surface area contributed by atoms with Gasteiger partial charge in [0.2, 0.25) is 5.91 Å². The van der Waals surface area contributed by atoms with Crippen LogP contribution in [0.4, 0.5) is 5.69 Å². The smallest absolute Gasteiger partial charge is 0.220 e. The quantitative estimate of drug-likeness (QED) is 0.773. The SMILES string of the molecule is CC1(CNC(=O)CCc2ccc(N)cc2)COC1. The molecule has 98 valence electrons. The minimum atomic E-state index is 0.0972. The second kappa shape index (κ2) is 5.40. The summed E-state index contributed by atoms with van der Waals surface area (Å²) in [5, 5.41) is 2.96. The molecule has 0 unspecified atom stereocenters. The van der Waals surface area contributed by atoms with Crippen molar-refractivity contribution in [1.29, 1.82) is 0 Å². The lowest BCUT2D eigenvalue weighted by Gasteiger charge is -2.38. The van der Waals surface area contributed by atoms with Gasteiger partial charge in [0.15, 0.2) is 0 Å². The average Bonchev–Trinajstić information content (AvgIpc) is 2.33. The van der Waals surface area contributed by atoms with Crippen LogP contribution in [0.2, 0.25) is 0 Å². The highest BCUT2D eigenvalue weighted by molar-refractivity contribution is 5.76. The van der Waals surface area contributed by atoms with Crippen molar-refractivity contribution >= 4 is 11.6 Å². The molecule has 3 N–H and O–H groups in total. The summed E-state index contributed by atoms with van der Waals surface area (Å²) in [5.41, 5.74) is 7.63. The van der Waals surface area contributed by atoms with Crippen molar-refractivity contribution in [1.82, 2.24) is 5.32 Å². The number of anilines is 1. The first kappa shape index (κ1) is 12.9. The van der Waals surface area contributed by atoms with Crippen LogP contribution in [0.25, 0.3) is 0 Å². The Bertz CT molecular complexity index is 410. The first-order chi connectivity index (χ1) is 8.57. The molecule has 0 saturated carbocycles. The van der Waals surface area contributed by atoms with E-state index >= 15 is 0 Å². The van der Waals surface area contributed by atoms with E-state index in [-0.39, 0.29) is 11.3 Å². The van der Waals surface area contributed by atoms with Crippen LogP contribution < -0.4 is 11.1 Å². The van der Waals surface area contributed by atoms with Gasteiger partial charge in [-0.15, -0.1) is 0 Å². The van der Waals surface area contributed by atoms with Crippen LogP contribution in [-0.4, -0.2) is 25.7 Å². The minimum Gasteiger partial charge on any atom is -0.399 e. The van der Waals surface area contributed by atoms with Crippen LogP contribution in [-0.2, 0) is 16.0 Å². The maximum atomic E-state index is 11.7. The Morgan fingerprint density at radius 2 is 2.06 bits per heavy atom. The van der Waals surface area contributed by atoms with E-state index in [2.05, 4.69) is 12.2 Å². The highest BCUT2D eigenvalue weighted by atomic mass is 16.5. The molecule has 0 aromatic heterocycles. The van der Waals surface area contributed by atoms with Gasteiger partial charge >= 0.3 is 0 Å². The fourth-order valence-electron chi connectivity index (χ4n) is 1.90. The highest BCUT2D eigenvalue weighted by Gasteiger charge is 2.33. The molecule has 4 nitrogen and oxygen atoms in total. The fraction of sp³-hybridized carbons (Fsp3) is 0.500. The van der Waals surface area contributed by atoms with E-state index < -0.39 is 0 Å². The summed E-state index contributed by atoms with van der Waals surface area (Å²) >= 11 is 0. The molecule has 1 aromatic rings. The predicted octanol–water partition coefficient (Wildman–Crippen LogP) is 1.35. The third kappa shape index (κ3) is 3.47. The number of rotatable bonds is 5. The Morgan fingerprint density at radius 1 is 1.39 bits per heavy atom. The van der Waals surface area contributed by atoms with E-state index in [9.17, 15) is 4.79 Å². The molecule has 1 aliphatic rings. The molecule has 1 amide bonds. The Hall–Kier alpha value is -1.55. The van der Waals surface area contributed by atoms with Gasteiger partial charge < -0.3 is 15.8 Å². The van der Waals surface area contributed by atoms with Gasteiger partial charge in [0.1, 0.15) is 0 Å². The molecule has 0 bridgehead atoms. The van der Waals surface area contributed by atoms with Crippen LogP contribution >= 0.6 is 0 Å². The number of nitrogens with one attached hydrogen (secondary N) is 1. The molecule has 0 atom stereocenters. The Balaban J connectivity index is 1.69. The first-order valence-corrected chi connectivity index (χ1v) is 6.26. The topological polar surface area (TPSA) is 64.4 Å². The number of amides is 1. The lowest BCUT2D eigenvalue weighted by molar-refractivity contribution is -0.126. The van der Waals surface area contributed by atoms with Gasteiger partial charge in [-0.2, -0.15) is 0 Å². The van der Waals surface area contributed by atoms with Crippen LogP contribution in [0.5, 0.6) is 0 Å². The van der Waals surface area contributed by atoms with Crippen LogP contribution in [0.3, 0.4) is 0 Å². The molecule has 1 fully saturated rings. The van der Waals surface area contributed by atoms with Crippen molar-refractivity contribution in [2.45, 2.75) is 19.8 Å². The van der Waals surface area contributed by atoms with Crippen molar-refractivity contribution < 1.29 is 9.53 Å². The van der Waals surface area contributed by atoms with Gasteiger partial charge in [0, 0.05) is 24.1 Å². The lowest BCUT2D eigenvalue weighted by atomic mass is 9.89. The van der Waals surface area contributed by atoms with E-state index in [1.807, 2.05) is 24.3 Å². The van der Waals surface area contributed by atoms with Gasteiger partial charge in [-0.3, -0.25) is 4.79 Å². The molecule has 1 aromatic carbocycles. The number of ether oxygens (including phenoxy) is 1. The summed E-state index contributed by atoms with van der Waals surface area (Å²) in [6.07, 6.45) is 1.26. The van der Waals surface area contributed by atoms with Gasteiger partial charge in [-0.05, 0) is 24.1 Å². The van der Waals surface area contributed by atoms with E-state index in [4.69, 9.17) is 10.5 Å². The zero-order valence-corrected chi connectivity index (χ0v) is 10.7. The van der Waals surface area contributed by atoms with Crippen LogP contribution in [0.15, 0.2) is 24.3 Å². The highest BCUT2D eigenvalue weighted by Crippen LogP contribution is 2.25. The Labute approximate surface area is 108 Å². The third-order valence-corrected chi connectivity index (χ3v) is 3.23. The number of carbonyl (C=O) groups is 1. The average molecular weight is 248 g/mol. The number of carbonyl (C=O) groups excluding carboxylic acids is 1. The van der Waals surface area contributed by atoms with E-state index in [0.29, 0.717) is 13.0 Å². The van der Waals surface area contributed by atoms with E-state index in [1.165, 1.54) is 0 Å². The summed E-state index contributed by atoms with van der Waals surface area (Å²) in [6.45, 7) is 4.31. The third-order valence-electron chi connectivity index (χ3n) is 3.23. The lowest BCUT2D eigenvalue weighted by Crippen LogP contribution is -2.48. The molecule has 0 aliphatic carbocycles. The normalized spacial score (nSPS) is 16.9. The van der Waals surface area contributed by atoms with Crippen molar-refractivity contribution in [3.63, 3.8) is 0 Å². The van der Waals surface area contributed by atoms with E-state index in [0.717, 1.165) is 30.9 Å². The molecule has 18 heavy (non-hydrogen) atoms.